The highest BCUT2D eigenvalue weighted by molar-refractivity contribution is 5.92. The second kappa shape index (κ2) is 3.70. The van der Waals surface area contributed by atoms with Crippen LogP contribution in [0.4, 0.5) is 0 Å². The first-order valence-electron chi connectivity index (χ1n) is 5.15. The van der Waals surface area contributed by atoms with E-state index in [1.165, 1.54) is 0 Å². The van der Waals surface area contributed by atoms with E-state index in [0.717, 1.165) is 0 Å². The van der Waals surface area contributed by atoms with Crippen molar-refractivity contribution in [3.8, 4) is 0 Å². The van der Waals surface area contributed by atoms with Gasteiger partial charge in [0.1, 0.15) is 5.69 Å². The van der Waals surface area contributed by atoms with Gasteiger partial charge in [-0.1, -0.05) is 0 Å². The molecule has 1 aliphatic heterocycles. The van der Waals surface area contributed by atoms with Gasteiger partial charge in [0.15, 0.2) is 0 Å². The quantitative estimate of drug-likeness (QED) is 0.755. The third kappa shape index (κ3) is 2.21. The molecule has 1 amide bonds. The van der Waals surface area contributed by atoms with E-state index in [-0.39, 0.29) is 11.5 Å². The predicted octanol–water partition coefficient (Wildman–Crippen LogP) is 1.27. The second-order valence-corrected chi connectivity index (χ2v) is 4.42. The lowest BCUT2D eigenvalue weighted by Gasteiger charge is -2.37. The zero-order chi connectivity index (χ0) is 10.9. The van der Waals surface area contributed by atoms with Crippen LogP contribution in [-0.4, -0.2) is 41.1 Å². The van der Waals surface area contributed by atoms with Crippen molar-refractivity contribution >= 4 is 5.91 Å². The maximum Gasteiger partial charge on any atom is 0.270 e. The summed E-state index contributed by atoms with van der Waals surface area (Å²) in [5.74, 6) is 0.0522. The molecule has 0 spiro atoms. The normalized spacial score (nSPS) is 20.3. The number of hydrogen-bond donors (Lipinski definition) is 1. The molecule has 82 valence electrons. The van der Waals surface area contributed by atoms with E-state index < -0.39 is 0 Å². The van der Waals surface area contributed by atoms with Crippen molar-refractivity contribution < 1.29 is 9.53 Å². The van der Waals surface area contributed by atoms with Crippen LogP contribution in [0.3, 0.4) is 0 Å². The Bertz CT molecular complexity index is 343. The number of amides is 1. The Morgan fingerprint density at radius 2 is 2.40 bits per heavy atom. The minimum Gasteiger partial charge on any atom is -0.372 e. The van der Waals surface area contributed by atoms with Gasteiger partial charge < -0.3 is 14.6 Å². The van der Waals surface area contributed by atoms with Crippen LogP contribution in [0.15, 0.2) is 18.3 Å². The molecular weight excluding hydrogens is 192 g/mol. The fraction of sp³-hybridized carbons (Fsp3) is 0.545. The lowest BCUT2D eigenvalue weighted by atomic mass is 10.1. The Morgan fingerprint density at radius 3 is 3.00 bits per heavy atom. The number of aromatic amines is 1. The number of morpholine rings is 1. The second-order valence-electron chi connectivity index (χ2n) is 4.42. The molecule has 0 atom stereocenters. The highest BCUT2D eigenvalue weighted by Crippen LogP contribution is 2.17. The van der Waals surface area contributed by atoms with Crippen LogP contribution in [0.1, 0.15) is 24.3 Å². The fourth-order valence-electron chi connectivity index (χ4n) is 1.82. The van der Waals surface area contributed by atoms with Gasteiger partial charge in [0.05, 0.1) is 12.2 Å². The SMILES string of the molecule is CC1(C)CN(C(=O)c2ccc[nH]2)CCO1. The fourth-order valence-corrected chi connectivity index (χ4v) is 1.82. The van der Waals surface area contributed by atoms with Crippen LogP contribution in [0.25, 0.3) is 0 Å². The van der Waals surface area contributed by atoms with Gasteiger partial charge in [-0.25, -0.2) is 0 Å². The molecule has 0 aromatic carbocycles. The average Bonchev–Trinajstić information content (AvgIpc) is 2.67. The van der Waals surface area contributed by atoms with Gasteiger partial charge in [0.25, 0.3) is 5.91 Å². The first-order valence-corrected chi connectivity index (χ1v) is 5.15. The minimum absolute atomic E-state index is 0.0522. The molecule has 1 N–H and O–H groups in total. The van der Waals surface area contributed by atoms with E-state index in [0.29, 0.717) is 25.4 Å². The Labute approximate surface area is 89.2 Å². The van der Waals surface area contributed by atoms with Gasteiger partial charge in [-0.05, 0) is 26.0 Å². The molecule has 0 unspecified atom stereocenters. The van der Waals surface area contributed by atoms with Crippen LogP contribution < -0.4 is 0 Å². The summed E-state index contributed by atoms with van der Waals surface area (Å²) in [6.45, 7) is 5.92. The molecule has 0 saturated carbocycles. The van der Waals surface area contributed by atoms with Crippen molar-refractivity contribution in [2.75, 3.05) is 19.7 Å². The number of ether oxygens (including phenoxy) is 1. The first-order chi connectivity index (χ1) is 7.08. The molecule has 1 saturated heterocycles. The van der Waals surface area contributed by atoms with Crippen LogP contribution >= 0.6 is 0 Å². The van der Waals surface area contributed by atoms with Crippen molar-refractivity contribution in [3.63, 3.8) is 0 Å². The molecule has 0 aliphatic carbocycles. The van der Waals surface area contributed by atoms with Crippen molar-refractivity contribution in [1.82, 2.24) is 9.88 Å². The molecule has 4 heteroatoms. The topological polar surface area (TPSA) is 45.3 Å². The van der Waals surface area contributed by atoms with Gasteiger partial charge in [0.2, 0.25) is 0 Å². The largest absolute Gasteiger partial charge is 0.372 e. The molecule has 2 heterocycles. The van der Waals surface area contributed by atoms with E-state index in [1.807, 2.05) is 24.8 Å². The van der Waals surface area contributed by atoms with E-state index in [4.69, 9.17) is 4.74 Å². The Kier molecular flexibility index (Phi) is 2.52. The Balaban J connectivity index is 2.08. The molecule has 4 nitrogen and oxygen atoms in total. The number of carbonyl (C=O) groups excluding carboxylic acids is 1. The van der Waals surface area contributed by atoms with Gasteiger partial charge >= 0.3 is 0 Å². The lowest BCUT2D eigenvalue weighted by molar-refractivity contribution is -0.0764. The number of hydrogen-bond acceptors (Lipinski definition) is 2. The van der Waals surface area contributed by atoms with Crippen LogP contribution in [0, 0.1) is 0 Å². The summed E-state index contributed by atoms with van der Waals surface area (Å²) in [6.07, 6.45) is 1.76. The van der Waals surface area contributed by atoms with Crippen LogP contribution in [0.5, 0.6) is 0 Å². The molecule has 2 rings (SSSR count). The highest BCUT2D eigenvalue weighted by atomic mass is 16.5. The summed E-state index contributed by atoms with van der Waals surface area (Å²) in [6, 6.07) is 3.63. The standard InChI is InChI=1S/C11H16N2O2/c1-11(2)8-13(6-7-15-11)10(14)9-4-3-5-12-9/h3-5,12H,6-8H2,1-2H3. The van der Waals surface area contributed by atoms with Crippen molar-refractivity contribution in [1.29, 1.82) is 0 Å². The predicted molar refractivity (Wildman–Crippen MR) is 56.7 cm³/mol. The monoisotopic (exact) mass is 208 g/mol. The van der Waals surface area contributed by atoms with E-state index in [2.05, 4.69) is 4.98 Å². The van der Waals surface area contributed by atoms with Gasteiger partial charge in [0, 0.05) is 19.3 Å². The molecule has 0 bridgehead atoms. The third-order valence-electron chi connectivity index (χ3n) is 2.54. The molecular formula is C11H16N2O2. The molecule has 0 radical (unpaired) electrons. The zero-order valence-electron chi connectivity index (χ0n) is 9.12. The summed E-state index contributed by atoms with van der Waals surface area (Å²) in [5.41, 5.74) is 0.410. The van der Waals surface area contributed by atoms with Gasteiger partial charge in [-0.3, -0.25) is 4.79 Å². The van der Waals surface area contributed by atoms with Crippen LogP contribution in [0.2, 0.25) is 0 Å². The summed E-state index contributed by atoms with van der Waals surface area (Å²) in [5, 5.41) is 0. The zero-order valence-corrected chi connectivity index (χ0v) is 9.12. The number of nitrogens with one attached hydrogen (secondary N) is 1. The maximum atomic E-state index is 12.0. The number of rotatable bonds is 1. The molecule has 1 aliphatic rings. The van der Waals surface area contributed by atoms with Crippen molar-refractivity contribution in [2.24, 2.45) is 0 Å². The number of aromatic nitrogens is 1. The minimum atomic E-state index is -0.236. The van der Waals surface area contributed by atoms with Gasteiger partial charge in [-0.2, -0.15) is 0 Å². The third-order valence-corrected chi connectivity index (χ3v) is 2.54. The summed E-state index contributed by atoms with van der Waals surface area (Å²) in [7, 11) is 0. The lowest BCUT2D eigenvalue weighted by Crippen LogP contribution is -2.50. The van der Waals surface area contributed by atoms with E-state index in [1.54, 1.807) is 12.3 Å². The van der Waals surface area contributed by atoms with Gasteiger partial charge in [-0.15, -0.1) is 0 Å². The summed E-state index contributed by atoms with van der Waals surface area (Å²) in [4.78, 5) is 16.7. The van der Waals surface area contributed by atoms with Crippen molar-refractivity contribution in [2.45, 2.75) is 19.4 Å². The Morgan fingerprint density at radius 1 is 1.60 bits per heavy atom. The molecule has 15 heavy (non-hydrogen) atoms. The number of carbonyl (C=O) groups is 1. The van der Waals surface area contributed by atoms with Crippen molar-refractivity contribution in [3.05, 3.63) is 24.0 Å². The van der Waals surface area contributed by atoms with Crippen LogP contribution in [-0.2, 0) is 4.74 Å². The molecule has 1 fully saturated rings. The smallest absolute Gasteiger partial charge is 0.270 e. The average molecular weight is 208 g/mol. The first kappa shape index (κ1) is 10.2. The summed E-state index contributed by atoms with van der Waals surface area (Å²) < 4.78 is 5.56. The molecule has 1 aromatic rings. The van der Waals surface area contributed by atoms with E-state index >= 15 is 0 Å². The molecule has 1 aromatic heterocycles. The number of H-pyrrole nitrogens is 1. The number of nitrogens with zero attached hydrogens (tertiary/aromatic N) is 1. The highest BCUT2D eigenvalue weighted by Gasteiger charge is 2.30. The summed E-state index contributed by atoms with van der Waals surface area (Å²) >= 11 is 0. The maximum absolute atomic E-state index is 12.0. The Hall–Kier alpha value is -1.29. The van der Waals surface area contributed by atoms with E-state index in [9.17, 15) is 4.79 Å².